The van der Waals surface area contributed by atoms with Crippen molar-refractivity contribution in [3.05, 3.63) is 67.0 Å². The molecule has 0 bridgehead atoms. The van der Waals surface area contributed by atoms with Gasteiger partial charge in [-0.15, -0.1) is 0 Å². The Morgan fingerprint density at radius 3 is 2.15 bits per heavy atom. The largest absolute Gasteiger partial charge is 0.329 e. The minimum absolute atomic E-state index is 0.000509. The zero-order chi connectivity index (χ0) is 19.6. The lowest BCUT2D eigenvalue weighted by Crippen LogP contribution is -2.39. The molecule has 0 atom stereocenters. The lowest BCUT2D eigenvalue weighted by Gasteiger charge is -2.17. The number of benzene rings is 1. The quantitative estimate of drug-likeness (QED) is 0.805. The summed E-state index contributed by atoms with van der Waals surface area (Å²) in [5.41, 5.74) is 1.10. The topological polar surface area (TPSA) is 89.0 Å². The monoisotopic (exact) mass is 356 g/mol. The second-order valence-corrected chi connectivity index (χ2v) is 6.86. The van der Waals surface area contributed by atoms with Crippen molar-refractivity contribution in [3.8, 4) is 0 Å². The van der Waals surface area contributed by atoms with Crippen LogP contribution in [0.15, 0.2) is 27.8 Å². The number of rotatable bonds is 6. The number of aromatic nitrogens is 2. The van der Waals surface area contributed by atoms with Crippen molar-refractivity contribution in [3.63, 3.8) is 0 Å². The minimum Gasteiger partial charge on any atom is -0.298 e. The smallest absolute Gasteiger partial charge is 0.298 e. The first-order valence-corrected chi connectivity index (χ1v) is 8.67. The maximum atomic E-state index is 13.2. The first kappa shape index (κ1) is 19.6. The van der Waals surface area contributed by atoms with Crippen LogP contribution < -0.4 is 11.2 Å². The molecule has 0 fully saturated rings. The van der Waals surface area contributed by atoms with Gasteiger partial charge in [-0.2, -0.15) is 0 Å². The van der Waals surface area contributed by atoms with Crippen LogP contribution in [-0.4, -0.2) is 21.1 Å². The van der Waals surface area contributed by atoms with Crippen LogP contribution in [0.25, 0.3) is 0 Å². The van der Waals surface area contributed by atoms with E-state index < -0.39 is 17.0 Å². The molecule has 6 heteroatoms. The van der Waals surface area contributed by atoms with Crippen molar-refractivity contribution in [2.75, 3.05) is 0 Å². The van der Waals surface area contributed by atoms with Gasteiger partial charge in [0.2, 0.25) is 5.78 Å². The van der Waals surface area contributed by atoms with Crippen molar-refractivity contribution in [2.24, 2.45) is 0 Å². The van der Waals surface area contributed by atoms with Gasteiger partial charge in [-0.1, -0.05) is 38.0 Å². The van der Waals surface area contributed by atoms with Crippen molar-refractivity contribution < 1.29 is 9.59 Å². The first-order valence-electron chi connectivity index (χ1n) is 8.67. The standard InChI is InChI=1S/C20H24N2O4/c1-6-15(23)10-22-17(16(11(2)3)19(25)21-20(22)26)18(24)14-8-12(4)7-13(5)9-14/h7-9,11H,6,10H2,1-5H3,(H,21,25,26). The Balaban J connectivity index is 2.82. The molecular weight excluding hydrogens is 332 g/mol. The molecule has 0 radical (unpaired) electrons. The van der Waals surface area contributed by atoms with Gasteiger partial charge in [-0.05, 0) is 31.9 Å². The summed E-state index contributed by atoms with van der Waals surface area (Å²) in [4.78, 5) is 52.2. The summed E-state index contributed by atoms with van der Waals surface area (Å²) in [5, 5.41) is 0. The van der Waals surface area contributed by atoms with Crippen LogP contribution in [0, 0.1) is 13.8 Å². The third-order valence-electron chi connectivity index (χ3n) is 4.24. The molecule has 0 saturated heterocycles. The summed E-state index contributed by atoms with van der Waals surface area (Å²) in [5.74, 6) is -0.900. The molecule has 1 N–H and O–H groups in total. The molecule has 0 aliphatic rings. The van der Waals surface area contributed by atoms with E-state index in [0.717, 1.165) is 15.7 Å². The molecule has 0 spiro atoms. The molecule has 0 saturated carbocycles. The van der Waals surface area contributed by atoms with Crippen LogP contribution in [0.3, 0.4) is 0 Å². The van der Waals surface area contributed by atoms with Crippen molar-refractivity contribution in [1.29, 1.82) is 0 Å². The molecule has 0 unspecified atom stereocenters. The Labute approximate surface area is 151 Å². The third-order valence-corrected chi connectivity index (χ3v) is 4.24. The lowest BCUT2D eigenvalue weighted by molar-refractivity contribution is -0.119. The van der Waals surface area contributed by atoms with E-state index in [2.05, 4.69) is 4.98 Å². The molecule has 2 rings (SSSR count). The number of carbonyl (C=O) groups excluding carboxylic acids is 2. The lowest BCUT2D eigenvalue weighted by atomic mass is 9.95. The van der Waals surface area contributed by atoms with Crippen LogP contribution >= 0.6 is 0 Å². The Bertz CT molecular complexity index is 960. The van der Waals surface area contributed by atoms with Crippen LogP contribution in [0.2, 0.25) is 0 Å². The van der Waals surface area contributed by atoms with E-state index in [0.29, 0.717) is 5.56 Å². The van der Waals surface area contributed by atoms with Crippen LogP contribution in [0.4, 0.5) is 0 Å². The van der Waals surface area contributed by atoms with Gasteiger partial charge >= 0.3 is 5.69 Å². The molecule has 2 aromatic rings. The molecule has 1 heterocycles. The van der Waals surface area contributed by atoms with E-state index in [-0.39, 0.29) is 35.9 Å². The highest BCUT2D eigenvalue weighted by Crippen LogP contribution is 2.20. The Kier molecular flexibility index (Phi) is 5.75. The number of carbonyl (C=O) groups is 2. The molecule has 0 aliphatic carbocycles. The first-order chi connectivity index (χ1) is 12.1. The van der Waals surface area contributed by atoms with Gasteiger partial charge in [0, 0.05) is 17.5 Å². The molecule has 138 valence electrons. The van der Waals surface area contributed by atoms with E-state index in [1.165, 1.54) is 0 Å². The number of Topliss-reactive ketones (excluding diaryl/α,β-unsaturated/α-hetero) is 1. The number of nitrogens with one attached hydrogen (secondary N) is 1. The predicted octanol–water partition coefficient (Wildman–Crippen LogP) is 2.49. The normalized spacial score (nSPS) is 11.0. The van der Waals surface area contributed by atoms with Crippen LogP contribution in [0.1, 0.15) is 65.9 Å². The Morgan fingerprint density at radius 2 is 1.65 bits per heavy atom. The minimum atomic E-state index is -0.742. The predicted molar refractivity (Wildman–Crippen MR) is 100 cm³/mol. The maximum absolute atomic E-state index is 13.2. The average Bonchev–Trinajstić information content (AvgIpc) is 2.54. The highest BCUT2D eigenvalue weighted by atomic mass is 16.2. The number of hydrogen-bond donors (Lipinski definition) is 1. The van der Waals surface area contributed by atoms with Gasteiger partial charge in [-0.25, -0.2) is 4.79 Å². The summed E-state index contributed by atoms with van der Waals surface area (Å²) in [7, 11) is 0. The van der Waals surface area contributed by atoms with E-state index in [4.69, 9.17) is 0 Å². The van der Waals surface area contributed by atoms with Crippen molar-refractivity contribution >= 4 is 11.6 Å². The Morgan fingerprint density at radius 1 is 1.08 bits per heavy atom. The van der Waals surface area contributed by atoms with Crippen molar-refractivity contribution in [2.45, 2.75) is 53.5 Å². The number of H-pyrrole nitrogens is 1. The molecular formula is C20H24N2O4. The second kappa shape index (κ2) is 7.64. The fraction of sp³-hybridized carbons (Fsp3) is 0.400. The van der Waals surface area contributed by atoms with Crippen LogP contribution in [0.5, 0.6) is 0 Å². The van der Waals surface area contributed by atoms with Gasteiger partial charge < -0.3 is 0 Å². The number of hydrogen-bond acceptors (Lipinski definition) is 4. The molecule has 1 aromatic carbocycles. The van der Waals surface area contributed by atoms with E-state index in [9.17, 15) is 19.2 Å². The van der Waals surface area contributed by atoms with Gasteiger partial charge in [0.05, 0.1) is 6.54 Å². The highest BCUT2D eigenvalue weighted by molar-refractivity contribution is 6.09. The fourth-order valence-electron chi connectivity index (χ4n) is 3.05. The Hall–Kier alpha value is -2.76. The van der Waals surface area contributed by atoms with Crippen molar-refractivity contribution in [1.82, 2.24) is 9.55 Å². The molecule has 26 heavy (non-hydrogen) atoms. The van der Waals surface area contributed by atoms with E-state index in [1.807, 2.05) is 19.9 Å². The SMILES string of the molecule is CCC(=O)Cn1c(C(=O)c2cc(C)cc(C)c2)c(C(C)C)c(=O)[nH]c1=O. The van der Waals surface area contributed by atoms with Gasteiger partial charge in [0.25, 0.3) is 5.56 Å². The average molecular weight is 356 g/mol. The van der Waals surface area contributed by atoms with E-state index >= 15 is 0 Å². The molecule has 0 aliphatic heterocycles. The maximum Gasteiger partial charge on any atom is 0.329 e. The number of nitrogens with zero attached hydrogens (tertiary/aromatic N) is 1. The number of aryl methyl sites for hydroxylation is 2. The van der Waals surface area contributed by atoms with Gasteiger partial charge in [0.1, 0.15) is 5.69 Å². The molecule has 6 nitrogen and oxygen atoms in total. The zero-order valence-electron chi connectivity index (χ0n) is 15.8. The third kappa shape index (κ3) is 3.90. The fourth-order valence-corrected chi connectivity index (χ4v) is 3.05. The summed E-state index contributed by atoms with van der Waals surface area (Å²) in [6, 6.07) is 5.37. The van der Waals surface area contributed by atoms with Crippen LogP contribution in [-0.2, 0) is 11.3 Å². The zero-order valence-corrected chi connectivity index (χ0v) is 15.8. The van der Waals surface area contributed by atoms with Gasteiger partial charge in [0.15, 0.2) is 5.78 Å². The van der Waals surface area contributed by atoms with Gasteiger partial charge in [-0.3, -0.25) is 23.9 Å². The summed E-state index contributed by atoms with van der Waals surface area (Å²) >= 11 is 0. The second-order valence-electron chi connectivity index (χ2n) is 6.86. The number of ketones is 2. The number of aromatic amines is 1. The summed E-state index contributed by atoms with van der Waals surface area (Å²) in [6.07, 6.45) is 0.236. The molecule has 0 amide bonds. The molecule has 1 aromatic heterocycles. The summed E-state index contributed by atoms with van der Waals surface area (Å²) in [6.45, 7) is 8.75. The summed E-state index contributed by atoms with van der Waals surface area (Å²) < 4.78 is 1.10. The highest BCUT2D eigenvalue weighted by Gasteiger charge is 2.25. The van der Waals surface area contributed by atoms with E-state index in [1.54, 1.807) is 32.9 Å².